The van der Waals surface area contributed by atoms with E-state index in [1.54, 1.807) is 0 Å². The Kier molecular flexibility index (Phi) is 5.64. The van der Waals surface area contributed by atoms with E-state index in [-0.39, 0.29) is 0 Å². The Morgan fingerprint density at radius 1 is 1.37 bits per heavy atom. The fourth-order valence-electron chi connectivity index (χ4n) is 3.03. The topological polar surface area (TPSA) is 28.2 Å². The number of anilines is 1. The van der Waals surface area contributed by atoms with Crippen LogP contribution in [0.25, 0.3) is 0 Å². The quantitative estimate of drug-likeness (QED) is 0.851. The summed E-state index contributed by atoms with van der Waals surface area (Å²) in [5, 5.41) is 3.44. The van der Waals surface area contributed by atoms with Gasteiger partial charge in [-0.25, -0.2) is 0 Å². The Morgan fingerprint density at radius 3 is 3.05 bits per heavy atom. The molecule has 1 unspecified atom stereocenters. The SMILES string of the molecule is CCCC1CCCCN1c1cnccc1CNCC. The van der Waals surface area contributed by atoms with Gasteiger partial charge in [-0.05, 0) is 43.9 Å². The van der Waals surface area contributed by atoms with E-state index in [0.717, 1.165) is 13.1 Å². The minimum absolute atomic E-state index is 0.711. The molecule has 0 saturated carbocycles. The lowest BCUT2D eigenvalue weighted by Gasteiger charge is -2.38. The molecule has 1 atom stereocenters. The van der Waals surface area contributed by atoms with Crippen molar-refractivity contribution in [3.63, 3.8) is 0 Å². The predicted octanol–water partition coefficient (Wildman–Crippen LogP) is 3.35. The fourth-order valence-corrected chi connectivity index (χ4v) is 3.03. The number of piperidine rings is 1. The van der Waals surface area contributed by atoms with Gasteiger partial charge in [-0.3, -0.25) is 4.98 Å². The largest absolute Gasteiger partial charge is 0.367 e. The Morgan fingerprint density at radius 2 is 2.26 bits per heavy atom. The molecule has 0 bridgehead atoms. The molecule has 0 spiro atoms. The highest BCUT2D eigenvalue weighted by Gasteiger charge is 2.23. The van der Waals surface area contributed by atoms with Crippen LogP contribution in [0, 0.1) is 0 Å². The van der Waals surface area contributed by atoms with E-state index in [4.69, 9.17) is 0 Å². The normalized spacial score (nSPS) is 19.7. The standard InChI is InChI=1S/C16H27N3/c1-3-7-15-8-5-6-11-19(15)16-13-18-10-9-14(16)12-17-4-2/h9-10,13,15,17H,3-8,11-12H2,1-2H3. The fraction of sp³-hybridized carbons (Fsp3) is 0.688. The lowest BCUT2D eigenvalue weighted by atomic mass is 9.97. The number of hydrogen-bond donors (Lipinski definition) is 1. The van der Waals surface area contributed by atoms with Crippen LogP contribution in [0.3, 0.4) is 0 Å². The van der Waals surface area contributed by atoms with Crippen LogP contribution in [0.5, 0.6) is 0 Å². The second-order valence-electron chi connectivity index (χ2n) is 5.42. The molecular formula is C16H27N3. The van der Waals surface area contributed by atoms with Gasteiger partial charge in [-0.2, -0.15) is 0 Å². The van der Waals surface area contributed by atoms with Crippen LogP contribution in [0.2, 0.25) is 0 Å². The number of pyridine rings is 1. The van der Waals surface area contributed by atoms with Crippen molar-refractivity contribution in [1.29, 1.82) is 0 Å². The van der Waals surface area contributed by atoms with Gasteiger partial charge in [-0.15, -0.1) is 0 Å². The zero-order valence-corrected chi connectivity index (χ0v) is 12.4. The lowest BCUT2D eigenvalue weighted by molar-refractivity contribution is 0.433. The van der Waals surface area contributed by atoms with Crippen molar-refractivity contribution in [3.8, 4) is 0 Å². The molecule has 1 aromatic rings. The summed E-state index contributed by atoms with van der Waals surface area (Å²) in [6, 6.07) is 2.87. The molecule has 2 heterocycles. The molecule has 1 fully saturated rings. The maximum absolute atomic E-state index is 4.35. The van der Waals surface area contributed by atoms with Crippen LogP contribution in [0.15, 0.2) is 18.5 Å². The second-order valence-corrected chi connectivity index (χ2v) is 5.42. The number of aromatic nitrogens is 1. The highest BCUT2D eigenvalue weighted by Crippen LogP contribution is 2.29. The maximum Gasteiger partial charge on any atom is 0.0600 e. The molecule has 0 aliphatic carbocycles. The molecule has 1 aliphatic heterocycles. The molecular weight excluding hydrogens is 234 g/mol. The van der Waals surface area contributed by atoms with Gasteiger partial charge in [0.25, 0.3) is 0 Å². The Balaban J connectivity index is 2.17. The van der Waals surface area contributed by atoms with E-state index in [0.29, 0.717) is 6.04 Å². The summed E-state index contributed by atoms with van der Waals surface area (Å²) in [4.78, 5) is 6.96. The average Bonchev–Trinajstić information content (AvgIpc) is 2.46. The van der Waals surface area contributed by atoms with E-state index in [9.17, 15) is 0 Å². The Labute approximate surface area is 117 Å². The van der Waals surface area contributed by atoms with Crippen LogP contribution >= 0.6 is 0 Å². The van der Waals surface area contributed by atoms with Crippen molar-refractivity contribution in [2.75, 3.05) is 18.0 Å². The first-order valence-corrected chi connectivity index (χ1v) is 7.77. The number of nitrogens with zero attached hydrogens (tertiary/aromatic N) is 2. The molecule has 1 saturated heterocycles. The highest BCUT2D eigenvalue weighted by molar-refractivity contribution is 5.53. The monoisotopic (exact) mass is 261 g/mol. The minimum Gasteiger partial charge on any atom is -0.367 e. The third-order valence-electron chi connectivity index (χ3n) is 4.01. The van der Waals surface area contributed by atoms with Crippen molar-refractivity contribution in [1.82, 2.24) is 10.3 Å². The second kappa shape index (κ2) is 7.49. The summed E-state index contributed by atoms with van der Waals surface area (Å²) in [5.74, 6) is 0. The zero-order chi connectivity index (χ0) is 13.5. The Hall–Kier alpha value is -1.09. The predicted molar refractivity (Wildman–Crippen MR) is 81.5 cm³/mol. The van der Waals surface area contributed by atoms with E-state index in [2.05, 4.69) is 41.3 Å². The summed E-state index contributed by atoms with van der Waals surface area (Å²) >= 11 is 0. The van der Waals surface area contributed by atoms with E-state index < -0.39 is 0 Å². The molecule has 1 N–H and O–H groups in total. The van der Waals surface area contributed by atoms with Crippen molar-refractivity contribution in [3.05, 3.63) is 24.0 Å². The van der Waals surface area contributed by atoms with Crippen LogP contribution in [0.4, 0.5) is 5.69 Å². The van der Waals surface area contributed by atoms with Crippen LogP contribution in [-0.4, -0.2) is 24.1 Å². The van der Waals surface area contributed by atoms with Gasteiger partial charge in [0.1, 0.15) is 0 Å². The zero-order valence-electron chi connectivity index (χ0n) is 12.4. The minimum atomic E-state index is 0.711. The summed E-state index contributed by atoms with van der Waals surface area (Å²) in [6.07, 6.45) is 10.6. The molecule has 106 valence electrons. The first-order valence-electron chi connectivity index (χ1n) is 7.77. The summed E-state index contributed by atoms with van der Waals surface area (Å²) in [5.41, 5.74) is 2.74. The molecule has 3 heteroatoms. The summed E-state index contributed by atoms with van der Waals surface area (Å²) in [7, 11) is 0. The van der Waals surface area contributed by atoms with Gasteiger partial charge in [0, 0.05) is 25.3 Å². The lowest BCUT2D eigenvalue weighted by Crippen LogP contribution is -2.40. The van der Waals surface area contributed by atoms with Crippen LogP contribution in [0.1, 0.15) is 51.5 Å². The third kappa shape index (κ3) is 3.69. The van der Waals surface area contributed by atoms with Crippen LogP contribution in [-0.2, 0) is 6.54 Å². The molecule has 0 radical (unpaired) electrons. The molecule has 1 aromatic heterocycles. The molecule has 2 rings (SSSR count). The first kappa shape index (κ1) is 14.3. The van der Waals surface area contributed by atoms with E-state index in [1.165, 1.54) is 49.9 Å². The molecule has 3 nitrogen and oxygen atoms in total. The Bertz CT molecular complexity index is 376. The van der Waals surface area contributed by atoms with Gasteiger partial charge in [0.15, 0.2) is 0 Å². The van der Waals surface area contributed by atoms with Crippen molar-refractivity contribution < 1.29 is 0 Å². The van der Waals surface area contributed by atoms with Crippen molar-refractivity contribution in [2.24, 2.45) is 0 Å². The number of nitrogens with one attached hydrogen (secondary N) is 1. The first-order chi connectivity index (χ1) is 9.36. The molecule has 0 amide bonds. The van der Waals surface area contributed by atoms with Crippen LogP contribution < -0.4 is 10.2 Å². The number of rotatable bonds is 6. The highest BCUT2D eigenvalue weighted by atomic mass is 15.2. The third-order valence-corrected chi connectivity index (χ3v) is 4.01. The van der Waals surface area contributed by atoms with Gasteiger partial charge in [0.05, 0.1) is 11.9 Å². The van der Waals surface area contributed by atoms with Gasteiger partial charge >= 0.3 is 0 Å². The number of hydrogen-bond acceptors (Lipinski definition) is 3. The van der Waals surface area contributed by atoms with Crippen molar-refractivity contribution >= 4 is 5.69 Å². The maximum atomic E-state index is 4.35. The smallest absolute Gasteiger partial charge is 0.0600 e. The molecule has 0 aromatic carbocycles. The van der Waals surface area contributed by atoms with E-state index in [1.807, 2.05) is 6.20 Å². The summed E-state index contributed by atoms with van der Waals surface area (Å²) in [6.45, 7) is 7.59. The van der Waals surface area contributed by atoms with Gasteiger partial charge < -0.3 is 10.2 Å². The summed E-state index contributed by atoms with van der Waals surface area (Å²) < 4.78 is 0. The molecule has 1 aliphatic rings. The van der Waals surface area contributed by atoms with E-state index >= 15 is 0 Å². The van der Waals surface area contributed by atoms with Crippen molar-refractivity contribution in [2.45, 2.75) is 58.5 Å². The van der Waals surface area contributed by atoms with Gasteiger partial charge in [0.2, 0.25) is 0 Å². The average molecular weight is 261 g/mol. The van der Waals surface area contributed by atoms with Gasteiger partial charge in [-0.1, -0.05) is 20.3 Å². The molecule has 19 heavy (non-hydrogen) atoms.